The van der Waals surface area contributed by atoms with Gasteiger partial charge in [0.05, 0.1) is 41.4 Å². The molecule has 0 aromatic heterocycles. The van der Waals surface area contributed by atoms with Crippen LogP contribution in [0.15, 0.2) is 54.1 Å². The molecule has 0 saturated carbocycles. The largest absolute Gasteiger partial charge is 0.507 e. The number of ketones is 1. The summed E-state index contributed by atoms with van der Waals surface area (Å²) in [6.07, 6.45) is 0. The number of carbonyl (C=O) groups excluding carboxylic acids is 2. The summed E-state index contributed by atoms with van der Waals surface area (Å²) in [6.45, 7) is 3.83. The predicted octanol–water partition coefficient (Wildman–Crippen LogP) is 5.96. The summed E-state index contributed by atoms with van der Waals surface area (Å²) in [5.74, 6) is -1.93. The molecule has 3 aromatic carbocycles. The highest BCUT2D eigenvalue weighted by atomic mass is 35.5. The van der Waals surface area contributed by atoms with E-state index in [9.17, 15) is 19.8 Å². The van der Waals surface area contributed by atoms with Crippen molar-refractivity contribution in [3.05, 3.63) is 86.4 Å². The SMILES string of the molecule is COc1cc(/C(O)=C2\C(=O)C(=O)N(c3ccc(C)c(C)c3)C2c2ccc(O)c(Cl)c2)c(OC)cc1Cl. The topological polar surface area (TPSA) is 96.3 Å². The van der Waals surface area contributed by atoms with Crippen molar-refractivity contribution in [2.24, 2.45) is 0 Å². The van der Waals surface area contributed by atoms with Crippen LogP contribution in [-0.4, -0.2) is 36.1 Å². The van der Waals surface area contributed by atoms with Crippen LogP contribution in [0.25, 0.3) is 5.76 Å². The van der Waals surface area contributed by atoms with Gasteiger partial charge in [-0.2, -0.15) is 0 Å². The number of phenols is 1. The Morgan fingerprint density at radius 2 is 1.58 bits per heavy atom. The molecular formula is C27H23Cl2NO6. The fraction of sp³-hybridized carbons (Fsp3) is 0.185. The minimum Gasteiger partial charge on any atom is -0.507 e. The molecule has 36 heavy (non-hydrogen) atoms. The molecule has 4 rings (SSSR count). The first-order chi connectivity index (χ1) is 17.1. The second kappa shape index (κ2) is 9.76. The number of hydrogen-bond donors (Lipinski definition) is 2. The molecule has 186 valence electrons. The van der Waals surface area contributed by atoms with E-state index in [-0.39, 0.29) is 38.4 Å². The van der Waals surface area contributed by atoms with Crippen LogP contribution in [0.5, 0.6) is 17.2 Å². The highest BCUT2D eigenvalue weighted by molar-refractivity contribution is 6.51. The zero-order valence-corrected chi connectivity index (χ0v) is 21.4. The normalized spacial score (nSPS) is 16.9. The van der Waals surface area contributed by atoms with Crippen molar-refractivity contribution in [2.45, 2.75) is 19.9 Å². The zero-order valence-electron chi connectivity index (χ0n) is 19.9. The third-order valence-electron chi connectivity index (χ3n) is 6.23. The lowest BCUT2D eigenvalue weighted by Crippen LogP contribution is -2.29. The molecule has 1 heterocycles. The van der Waals surface area contributed by atoms with Gasteiger partial charge in [0.15, 0.2) is 0 Å². The Morgan fingerprint density at radius 3 is 2.19 bits per heavy atom. The van der Waals surface area contributed by atoms with Crippen LogP contribution in [0.1, 0.15) is 28.3 Å². The molecular weight excluding hydrogens is 505 g/mol. The fourth-order valence-corrected chi connectivity index (χ4v) is 4.59. The highest BCUT2D eigenvalue weighted by Gasteiger charge is 2.47. The number of aryl methyl sites for hydroxylation is 2. The number of amides is 1. The van der Waals surface area contributed by atoms with E-state index in [1.807, 2.05) is 19.9 Å². The molecule has 0 bridgehead atoms. The number of ether oxygens (including phenoxy) is 2. The van der Waals surface area contributed by atoms with Gasteiger partial charge < -0.3 is 19.7 Å². The van der Waals surface area contributed by atoms with Gasteiger partial charge in [-0.25, -0.2) is 0 Å². The lowest BCUT2D eigenvalue weighted by atomic mass is 9.94. The average Bonchev–Trinajstić information content (AvgIpc) is 3.12. The molecule has 7 nitrogen and oxygen atoms in total. The van der Waals surface area contributed by atoms with Crippen molar-refractivity contribution in [1.29, 1.82) is 0 Å². The number of aromatic hydroxyl groups is 1. The van der Waals surface area contributed by atoms with E-state index in [1.54, 1.807) is 18.2 Å². The molecule has 3 aromatic rings. The van der Waals surface area contributed by atoms with E-state index < -0.39 is 23.5 Å². The number of Topliss-reactive ketones (excluding diaryl/α,β-unsaturated/α-hetero) is 1. The van der Waals surface area contributed by atoms with E-state index in [0.29, 0.717) is 11.3 Å². The maximum absolute atomic E-state index is 13.4. The molecule has 1 fully saturated rings. The number of hydrogen-bond acceptors (Lipinski definition) is 6. The van der Waals surface area contributed by atoms with Crippen molar-refractivity contribution >= 4 is 46.3 Å². The molecule has 1 amide bonds. The standard InChI is InChI=1S/C27H23Cl2NO6/c1-13-5-7-16(9-14(13)2)30-24(15-6-8-20(31)18(28)10-15)23(26(33)27(30)34)25(32)17-11-22(36-4)19(29)12-21(17)35-3/h5-12,24,31-32H,1-4H3/b25-23+. The van der Waals surface area contributed by atoms with Crippen LogP contribution in [0.3, 0.4) is 0 Å². The number of phenolic OH excluding ortho intramolecular Hbond substituents is 1. The third kappa shape index (κ3) is 4.25. The summed E-state index contributed by atoms with van der Waals surface area (Å²) in [4.78, 5) is 28.1. The number of aliphatic hydroxyl groups excluding tert-OH is 1. The Bertz CT molecular complexity index is 1430. The fourth-order valence-electron chi connectivity index (χ4n) is 4.17. The van der Waals surface area contributed by atoms with Crippen molar-refractivity contribution < 1.29 is 29.3 Å². The van der Waals surface area contributed by atoms with Gasteiger partial charge in [-0.1, -0.05) is 35.3 Å². The minimum absolute atomic E-state index is 0.0314. The molecule has 9 heteroatoms. The third-order valence-corrected chi connectivity index (χ3v) is 6.83. The molecule has 1 saturated heterocycles. The lowest BCUT2D eigenvalue weighted by molar-refractivity contribution is -0.132. The lowest BCUT2D eigenvalue weighted by Gasteiger charge is -2.26. The Morgan fingerprint density at radius 1 is 0.889 bits per heavy atom. The summed E-state index contributed by atoms with van der Waals surface area (Å²) >= 11 is 12.4. The van der Waals surface area contributed by atoms with Gasteiger partial charge in [0, 0.05) is 11.8 Å². The number of halogens is 2. The number of carbonyl (C=O) groups is 2. The number of aliphatic hydroxyl groups is 1. The maximum Gasteiger partial charge on any atom is 0.300 e. The second-order valence-electron chi connectivity index (χ2n) is 8.34. The van der Waals surface area contributed by atoms with E-state index >= 15 is 0 Å². The predicted molar refractivity (Wildman–Crippen MR) is 138 cm³/mol. The highest BCUT2D eigenvalue weighted by Crippen LogP contribution is 2.45. The molecule has 1 atom stereocenters. The van der Waals surface area contributed by atoms with Crippen molar-refractivity contribution in [3.63, 3.8) is 0 Å². The Hall–Kier alpha value is -3.68. The van der Waals surface area contributed by atoms with Crippen LogP contribution >= 0.6 is 23.2 Å². The molecule has 0 aliphatic carbocycles. The van der Waals surface area contributed by atoms with E-state index in [1.165, 1.54) is 43.4 Å². The first-order valence-corrected chi connectivity index (χ1v) is 11.6. The van der Waals surface area contributed by atoms with Gasteiger partial charge in [0.1, 0.15) is 23.0 Å². The molecule has 2 N–H and O–H groups in total. The first-order valence-electron chi connectivity index (χ1n) is 10.9. The number of methoxy groups -OCH3 is 2. The monoisotopic (exact) mass is 527 g/mol. The maximum atomic E-state index is 13.4. The van der Waals surface area contributed by atoms with Crippen LogP contribution in [0.2, 0.25) is 10.0 Å². The van der Waals surface area contributed by atoms with Crippen molar-refractivity contribution in [3.8, 4) is 17.2 Å². The molecule has 1 aliphatic heterocycles. The van der Waals surface area contributed by atoms with Gasteiger partial charge >= 0.3 is 0 Å². The van der Waals surface area contributed by atoms with Gasteiger partial charge in [-0.3, -0.25) is 14.5 Å². The average molecular weight is 528 g/mol. The van der Waals surface area contributed by atoms with E-state index in [0.717, 1.165) is 11.1 Å². The number of rotatable bonds is 5. The first kappa shape index (κ1) is 25.4. The zero-order chi connectivity index (χ0) is 26.3. The molecule has 0 radical (unpaired) electrons. The minimum atomic E-state index is -1.04. The summed E-state index contributed by atoms with van der Waals surface area (Å²) in [6, 6.07) is 11.6. The summed E-state index contributed by atoms with van der Waals surface area (Å²) in [5, 5.41) is 21.7. The van der Waals surface area contributed by atoms with Gasteiger partial charge in [-0.15, -0.1) is 0 Å². The summed E-state index contributed by atoms with van der Waals surface area (Å²) in [7, 11) is 2.80. The van der Waals surface area contributed by atoms with Gasteiger partial charge in [0.2, 0.25) is 0 Å². The van der Waals surface area contributed by atoms with Crippen LogP contribution < -0.4 is 14.4 Å². The van der Waals surface area contributed by atoms with Crippen LogP contribution in [-0.2, 0) is 9.59 Å². The van der Waals surface area contributed by atoms with Crippen molar-refractivity contribution in [2.75, 3.05) is 19.1 Å². The molecule has 1 unspecified atom stereocenters. The molecule has 0 spiro atoms. The number of anilines is 1. The molecule has 1 aliphatic rings. The van der Waals surface area contributed by atoms with Gasteiger partial charge in [0.25, 0.3) is 11.7 Å². The van der Waals surface area contributed by atoms with E-state index in [4.69, 9.17) is 32.7 Å². The Labute approximate surface area is 218 Å². The van der Waals surface area contributed by atoms with Crippen LogP contribution in [0.4, 0.5) is 5.69 Å². The Balaban J connectivity index is 2.03. The Kier molecular flexibility index (Phi) is 6.89. The number of nitrogens with zero attached hydrogens (tertiary/aromatic N) is 1. The summed E-state index contributed by atoms with van der Waals surface area (Å²) in [5.41, 5.74) is 2.75. The smallest absolute Gasteiger partial charge is 0.300 e. The summed E-state index contributed by atoms with van der Waals surface area (Å²) < 4.78 is 10.7. The van der Waals surface area contributed by atoms with Crippen LogP contribution in [0, 0.1) is 13.8 Å². The second-order valence-corrected chi connectivity index (χ2v) is 9.15. The van der Waals surface area contributed by atoms with Gasteiger partial charge in [-0.05, 0) is 60.9 Å². The quantitative estimate of drug-likeness (QED) is 0.241. The van der Waals surface area contributed by atoms with E-state index in [2.05, 4.69) is 0 Å². The van der Waals surface area contributed by atoms with Crippen molar-refractivity contribution in [1.82, 2.24) is 0 Å². The number of benzene rings is 3.